The van der Waals surface area contributed by atoms with Crippen molar-refractivity contribution < 1.29 is 21.9 Å². The maximum atomic E-state index is 12.8. The first-order chi connectivity index (χ1) is 14.7. The quantitative estimate of drug-likeness (QED) is 0.481. The Hall–Kier alpha value is -3.30. The van der Waals surface area contributed by atoms with Crippen molar-refractivity contribution in [1.82, 2.24) is 9.55 Å². The molecule has 0 bridgehead atoms. The molecule has 0 aliphatic rings. The van der Waals surface area contributed by atoms with Crippen molar-refractivity contribution in [3.8, 4) is 16.9 Å². The molecule has 0 saturated heterocycles. The van der Waals surface area contributed by atoms with Gasteiger partial charge in [0.1, 0.15) is 11.6 Å². The van der Waals surface area contributed by atoms with Crippen molar-refractivity contribution in [2.75, 3.05) is 0 Å². The van der Waals surface area contributed by atoms with Gasteiger partial charge in [0, 0.05) is 5.56 Å². The molecule has 9 heteroatoms. The lowest BCUT2D eigenvalue weighted by atomic mass is 10.1. The van der Waals surface area contributed by atoms with Crippen LogP contribution in [0, 0.1) is 6.92 Å². The van der Waals surface area contributed by atoms with E-state index in [0.717, 1.165) is 28.0 Å². The number of aromatic nitrogens is 2. The molecule has 0 radical (unpaired) electrons. The number of nitrogens with two attached hydrogens (primary N) is 1. The number of para-hydroxylation sites is 1. The largest absolute Gasteiger partial charge is 0.434 e. The number of rotatable bonds is 6. The highest BCUT2D eigenvalue weighted by Crippen LogP contribution is 2.28. The number of benzene rings is 3. The van der Waals surface area contributed by atoms with Gasteiger partial charge in [0.05, 0.1) is 22.5 Å². The van der Waals surface area contributed by atoms with E-state index in [1.54, 1.807) is 30.3 Å². The number of fused-ring (bicyclic) bond motifs is 1. The topological polar surface area (TPSA) is 87.2 Å². The van der Waals surface area contributed by atoms with Crippen LogP contribution >= 0.6 is 0 Å². The van der Waals surface area contributed by atoms with Crippen LogP contribution in [-0.4, -0.2) is 24.6 Å². The molecule has 3 aromatic carbocycles. The van der Waals surface area contributed by atoms with Crippen LogP contribution in [0.3, 0.4) is 0 Å². The summed E-state index contributed by atoms with van der Waals surface area (Å²) >= 11 is 0. The van der Waals surface area contributed by atoms with E-state index in [1.165, 1.54) is 18.2 Å². The Labute approximate surface area is 178 Å². The summed E-state index contributed by atoms with van der Waals surface area (Å²) < 4.78 is 55.1. The summed E-state index contributed by atoms with van der Waals surface area (Å²) in [5, 5.41) is 5.16. The average Bonchev–Trinajstić information content (AvgIpc) is 3.03. The minimum atomic E-state index is -3.77. The van der Waals surface area contributed by atoms with Crippen molar-refractivity contribution in [2.45, 2.75) is 25.0 Å². The fraction of sp³-hybridized carbons (Fsp3) is 0.136. The number of primary sulfonamides is 1. The van der Waals surface area contributed by atoms with Crippen molar-refractivity contribution in [3.63, 3.8) is 0 Å². The van der Waals surface area contributed by atoms with Gasteiger partial charge in [0.15, 0.2) is 0 Å². The van der Waals surface area contributed by atoms with Gasteiger partial charge in [-0.3, -0.25) is 0 Å². The van der Waals surface area contributed by atoms with Gasteiger partial charge in [-0.2, -0.15) is 8.78 Å². The second-order valence-corrected chi connectivity index (χ2v) is 8.57. The molecule has 1 heterocycles. The molecule has 4 aromatic rings. The third-order valence-corrected chi connectivity index (χ3v) is 5.90. The molecule has 0 fully saturated rings. The second-order valence-electron chi connectivity index (χ2n) is 7.00. The first-order valence-electron chi connectivity index (χ1n) is 9.35. The van der Waals surface area contributed by atoms with E-state index in [4.69, 9.17) is 5.14 Å². The van der Waals surface area contributed by atoms with E-state index in [0.29, 0.717) is 12.1 Å². The highest BCUT2D eigenvalue weighted by Gasteiger charge is 2.14. The summed E-state index contributed by atoms with van der Waals surface area (Å²) in [6.07, 6.45) is 0. The maximum Gasteiger partial charge on any atom is 0.387 e. The number of hydrogen-bond acceptors (Lipinski definition) is 4. The Morgan fingerprint density at radius 3 is 2.39 bits per heavy atom. The Morgan fingerprint density at radius 1 is 1.03 bits per heavy atom. The van der Waals surface area contributed by atoms with Crippen LogP contribution < -0.4 is 9.88 Å². The van der Waals surface area contributed by atoms with Gasteiger partial charge in [-0.05, 0) is 48.4 Å². The lowest BCUT2D eigenvalue weighted by Gasteiger charge is -2.13. The van der Waals surface area contributed by atoms with Crippen molar-refractivity contribution in [3.05, 3.63) is 78.1 Å². The monoisotopic (exact) mass is 443 g/mol. The first-order valence-corrected chi connectivity index (χ1v) is 10.9. The summed E-state index contributed by atoms with van der Waals surface area (Å²) in [5.41, 5.74) is 3.84. The molecule has 6 nitrogen and oxygen atoms in total. The summed E-state index contributed by atoms with van der Waals surface area (Å²) in [6.45, 7) is -0.760. The zero-order valence-corrected chi connectivity index (χ0v) is 17.3. The van der Waals surface area contributed by atoms with Gasteiger partial charge in [0.25, 0.3) is 0 Å². The van der Waals surface area contributed by atoms with E-state index in [1.807, 2.05) is 29.7 Å². The summed E-state index contributed by atoms with van der Waals surface area (Å²) in [4.78, 5) is 4.60. The molecule has 0 spiro atoms. The van der Waals surface area contributed by atoms with E-state index in [9.17, 15) is 17.2 Å². The third-order valence-electron chi connectivity index (χ3n) is 4.97. The standard InChI is InChI=1S/C22H19F2N3O3S/c1-14-26-19-11-8-16(15-6-9-18(10-7-15)31(25,28)29)12-20(19)27(14)13-17-4-2-3-5-21(17)30-22(23)24/h2-12,22H,13H2,1H3,(H2,25,28,29). The SMILES string of the molecule is Cc1nc2ccc(-c3ccc(S(N)(=O)=O)cc3)cc2n1Cc1ccccc1OC(F)F. The molecular formula is C22H19F2N3O3S. The molecule has 0 amide bonds. The van der Waals surface area contributed by atoms with E-state index >= 15 is 0 Å². The molecule has 31 heavy (non-hydrogen) atoms. The Bertz CT molecular complexity index is 1350. The minimum Gasteiger partial charge on any atom is -0.434 e. The van der Waals surface area contributed by atoms with Crippen molar-refractivity contribution in [1.29, 1.82) is 0 Å². The number of aryl methyl sites for hydroxylation is 1. The summed E-state index contributed by atoms with van der Waals surface area (Å²) in [5.74, 6) is 0.845. The highest BCUT2D eigenvalue weighted by molar-refractivity contribution is 7.89. The normalized spacial score (nSPS) is 11.9. The zero-order chi connectivity index (χ0) is 22.2. The zero-order valence-electron chi connectivity index (χ0n) is 16.5. The number of alkyl halides is 2. The van der Waals surface area contributed by atoms with Crippen LogP contribution in [0.15, 0.2) is 71.6 Å². The van der Waals surface area contributed by atoms with Crippen LogP contribution in [-0.2, 0) is 16.6 Å². The molecule has 1 aromatic heterocycles. The van der Waals surface area contributed by atoms with Gasteiger partial charge >= 0.3 is 6.61 Å². The van der Waals surface area contributed by atoms with Gasteiger partial charge in [0.2, 0.25) is 10.0 Å². The van der Waals surface area contributed by atoms with E-state index in [2.05, 4.69) is 9.72 Å². The van der Waals surface area contributed by atoms with Gasteiger partial charge < -0.3 is 9.30 Å². The third kappa shape index (κ3) is 4.42. The second kappa shape index (κ2) is 8.09. The predicted octanol–water partition coefficient (Wildman–Crippen LogP) is 4.31. The van der Waals surface area contributed by atoms with Gasteiger partial charge in [-0.15, -0.1) is 0 Å². The number of ether oxygens (including phenoxy) is 1. The molecule has 4 rings (SSSR count). The van der Waals surface area contributed by atoms with Gasteiger partial charge in [-0.25, -0.2) is 18.5 Å². The number of sulfonamides is 1. The minimum absolute atomic E-state index is 0.0360. The number of imidazole rings is 1. The van der Waals surface area contributed by atoms with Crippen LogP contribution in [0.25, 0.3) is 22.2 Å². The maximum absolute atomic E-state index is 12.8. The molecule has 0 atom stereocenters. The predicted molar refractivity (Wildman–Crippen MR) is 113 cm³/mol. The van der Waals surface area contributed by atoms with Crippen LogP contribution in [0.2, 0.25) is 0 Å². The van der Waals surface area contributed by atoms with Crippen LogP contribution in [0.1, 0.15) is 11.4 Å². The number of nitrogens with zero attached hydrogens (tertiary/aromatic N) is 2. The molecule has 160 valence electrons. The van der Waals surface area contributed by atoms with Crippen LogP contribution in [0.4, 0.5) is 8.78 Å². The Kier molecular flexibility index (Phi) is 5.47. The molecule has 0 unspecified atom stereocenters. The molecular weight excluding hydrogens is 424 g/mol. The van der Waals surface area contributed by atoms with Gasteiger partial charge in [-0.1, -0.05) is 36.4 Å². The Morgan fingerprint density at radius 2 is 1.71 bits per heavy atom. The summed E-state index contributed by atoms with van der Waals surface area (Å²) in [6, 6.07) is 18.6. The molecule has 0 aliphatic heterocycles. The smallest absolute Gasteiger partial charge is 0.387 e. The lowest BCUT2D eigenvalue weighted by molar-refractivity contribution is -0.0504. The van der Waals surface area contributed by atoms with E-state index < -0.39 is 16.6 Å². The van der Waals surface area contributed by atoms with Crippen LogP contribution in [0.5, 0.6) is 5.75 Å². The average molecular weight is 443 g/mol. The summed E-state index contributed by atoms with van der Waals surface area (Å²) in [7, 11) is -3.77. The van der Waals surface area contributed by atoms with Crippen molar-refractivity contribution >= 4 is 21.1 Å². The molecule has 0 aliphatic carbocycles. The molecule has 2 N–H and O–H groups in total. The fourth-order valence-corrected chi connectivity index (χ4v) is 3.99. The Balaban J connectivity index is 1.74. The molecule has 0 saturated carbocycles. The fourth-order valence-electron chi connectivity index (χ4n) is 3.48. The first kappa shape index (κ1) is 21.0. The van der Waals surface area contributed by atoms with Crippen molar-refractivity contribution in [2.24, 2.45) is 5.14 Å². The lowest BCUT2D eigenvalue weighted by Crippen LogP contribution is -2.11. The van der Waals surface area contributed by atoms with E-state index in [-0.39, 0.29) is 10.6 Å². The number of hydrogen-bond donors (Lipinski definition) is 1. The number of halogens is 2. The highest BCUT2D eigenvalue weighted by atomic mass is 32.2.